The van der Waals surface area contributed by atoms with Crippen LogP contribution < -0.4 is 30.6 Å². The van der Waals surface area contributed by atoms with Gasteiger partial charge in [0, 0.05) is 94.7 Å². The molecule has 6 aromatic carbocycles. The Morgan fingerprint density at radius 3 is 1.12 bits per heavy atom. The van der Waals surface area contributed by atoms with Crippen molar-refractivity contribution >= 4 is 83.0 Å². The molecule has 35 nitrogen and oxygen atoms in total. The van der Waals surface area contributed by atoms with Gasteiger partial charge in [-0.1, -0.05) is 127 Å². The fourth-order valence-corrected chi connectivity index (χ4v) is 22.3. The number of esters is 3. The van der Waals surface area contributed by atoms with Crippen molar-refractivity contribution < 1.29 is 136 Å². The molecule has 4 saturated heterocycles. The first-order valence-electron chi connectivity index (χ1n) is 46.4. The van der Waals surface area contributed by atoms with Gasteiger partial charge in [-0.3, -0.25) is 19.2 Å². The van der Waals surface area contributed by atoms with E-state index in [4.69, 9.17) is 81.1 Å². The summed E-state index contributed by atoms with van der Waals surface area (Å²) in [6.45, 7) is 16.2. The second-order valence-corrected chi connectivity index (χ2v) is 40.2. The van der Waals surface area contributed by atoms with E-state index in [0.29, 0.717) is 112 Å². The first kappa shape index (κ1) is 102. The van der Waals surface area contributed by atoms with Gasteiger partial charge in [0.2, 0.25) is 12.2 Å². The smallest absolute Gasteiger partial charge is 0.481 e. The summed E-state index contributed by atoms with van der Waals surface area (Å²) in [4.78, 5) is 136. The third kappa shape index (κ3) is 18.5. The highest BCUT2D eigenvalue weighted by molar-refractivity contribution is 6.40. The van der Waals surface area contributed by atoms with E-state index in [-0.39, 0.29) is 74.7 Å². The number of imide groups is 1. The van der Waals surface area contributed by atoms with Gasteiger partial charge >= 0.3 is 36.2 Å². The summed E-state index contributed by atoms with van der Waals surface area (Å²) in [7, 11) is 6.07. The summed E-state index contributed by atoms with van der Waals surface area (Å²) < 4.78 is 57.5. The van der Waals surface area contributed by atoms with Gasteiger partial charge in [0.25, 0.3) is 23.6 Å². The number of amides is 4. The minimum atomic E-state index is -1.47. The number of alkyl halides is 2. The maximum Gasteiger partial charge on any atom is 0.510 e. The molecule has 6 aromatic rings. The monoisotopic (exact) mass is 1960 g/mol. The van der Waals surface area contributed by atoms with Crippen LogP contribution in [0.15, 0.2) is 163 Å². The summed E-state index contributed by atoms with van der Waals surface area (Å²) in [5.74, 6) is -3.01. The molecular formula is C102H119Cl2N7O28. The van der Waals surface area contributed by atoms with E-state index in [2.05, 4.69) is 25.3 Å². The van der Waals surface area contributed by atoms with Crippen LogP contribution >= 0.6 is 23.2 Å². The van der Waals surface area contributed by atoms with E-state index in [0.717, 1.165) is 52.9 Å². The number of benzene rings is 6. The molecule has 37 heteroatoms. The van der Waals surface area contributed by atoms with Crippen LogP contribution in [-0.2, 0) is 132 Å². The molecule has 6 aliphatic carbocycles. The molecule has 7 heterocycles. The number of halogens is 2. The van der Waals surface area contributed by atoms with Crippen molar-refractivity contribution in [2.75, 3.05) is 46.1 Å². The Morgan fingerprint density at radius 1 is 0.468 bits per heavy atom. The summed E-state index contributed by atoms with van der Waals surface area (Å²) in [6.07, 6.45) is 1.40. The van der Waals surface area contributed by atoms with Crippen molar-refractivity contribution in [1.29, 1.82) is 0 Å². The van der Waals surface area contributed by atoms with Crippen molar-refractivity contribution in [1.82, 2.24) is 30.4 Å². The molecule has 18 atom stereocenters. The molecule has 4 fully saturated rings. The van der Waals surface area contributed by atoms with Crippen LogP contribution in [0.5, 0.6) is 17.2 Å². The number of hydrogen-bond donors (Lipinski definition) is 10. The summed E-state index contributed by atoms with van der Waals surface area (Å²) in [5.41, 5.74) is 7.45. The number of hydroxylamine groups is 2. The van der Waals surface area contributed by atoms with Crippen molar-refractivity contribution in [2.24, 2.45) is 5.73 Å². The highest BCUT2D eigenvalue weighted by Gasteiger charge is 2.75. The third-order valence-electron chi connectivity index (χ3n) is 28.7. The van der Waals surface area contributed by atoms with E-state index in [1.54, 1.807) is 158 Å². The number of piperidine rings is 3. The standard InChI is InChI=1S/C34H40N2O9.C29H32N2O7.C21H26N2O5.C17H19NO7.CH2Cl2/c1-19(35-29(38)27(20-9-7-6-8-10-20)44-31(40)45-32(2,3)4)30(39)42-23-13-14-34(41)24-17-21-11-12-22(18-37)26-25(21)33(34,28(23)43-26)15-16-36(24)5;1-16(30-26(34)23(33)17-6-4-3-5-7-17)27(35)37-20-10-11-29(36)21-14-18-8-9-19(15-32)24-22(18)28(29,25(20)38-24)12-13-31(21)2;1-11(22)19(25)27-14-5-6-21(26)15-9-12-3-4-13(10-24)17-16(12)20(21,18(14)28-17)7-8-23(15)2;1-17(2,3)24-16(22)23-14(11-7-5-4-6-8-11)15(21)25-18-12(19)9-10-13(18)20;2-1-3/h6-13,19,24,27-28,37,41H,14-18H2,1-5H3,(H,35,38);3-10,16,21,23,25,32-33,36H,11-15H2,1-2H3,(H,30,34);3-5,11,15,18,24,26H,6-10,22H2,1-2H3;4-8,14H,9-10H2,1-3H3;1H2/t19-,24+,27-,28-,33-,34+;16-,21+,23-,25-,28-,29+;11-,15+,18-,20-,21+;14-;/m0000./s1. The number of ether oxygens (including phenoxy) is 10. The number of likely N-dealkylation sites (tertiary alicyclic amines) is 3. The molecule has 0 unspecified atom stereocenters. The van der Waals surface area contributed by atoms with Gasteiger partial charge in [-0.05, 0) is 182 Å². The van der Waals surface area contributed by atoms with Crippen molar-refractivity contribution in [2.45, 2.75) is 270 Å². The lowest BCUT2D eigenvalue weighted by Gasteiger charge is -2.61. The van der Waals surface area contributed by atoms with E-state index in [1.807, 2.05) is 57.5 Å². The molecule has 0 radical (unpaired) electrons. The largest absolute Gasteiger partial charge is 0.510 e. The number of likely N-dealkylation sites (N-methyl/N-ethyl adjacent to an activating group) is 3. The maximum absolute atomic E-state index is 13.5. The van der Waals surface area contributed by atoms with Crippen LogP contribution in [0.3, 0.4) is 0 Å². The number of nitrogens with zero attached hydrogens (tertiary/aromatic N) is 4. The fraction of sp³-hybridized carbons (Fsp3) is 0.490. The van der Waals surface area contributed by atoms with Gasteiger partial charge in [-0.25, -0.2) is 28.8 Å². The second-order valence-electron chi connectivity index (χ2n) is 39.4. The highest BCUT2D eigenvalue weighted by Crippen LogP contribution is 2.68. The quantitative estimate of drug-likeness (QED) is 0.0148. The normalized spacial score (nSPS) is 27.5. The number of aliphatic hydroxyl groups excluding tert-OH is 4. The lowest BCUT2D eigenvalue weighted by atomic mass is 9.50. The Balaban J connectivity index is 0.000000142. The van der Waals surface area contributed by atoms with Crippen molar-refractivity contribution in [3.63, 3.8) is 0 Å². The second kappa shape index (κ2) is 39.9. The Morgan fingerprint density at radius 2 is 0.784 bits per heavy atom. The molecule has 13 aliphatic rings. The molecular weight excluding hydrogens is 1840 g/mol. The lowest BCUT2D eigenvalue weighted by molar-refractivity contribution is -0.204. The Bertz CT molecular complexity index is 5840. The van der Waals surface area contributed by atoms with Gasteiger partial charge in [-0.15, -0.1) is 28.3 Å². The minimum Gasteiger partial charge on any atom is -0.481 e. The molecule has 19 rings (SSSR count). The van der Waals surface area contributed by atoms with Crippen LogP contribution in [0, 0.1) is 0 Å². The third-order valence-corrected chi connectivity index (χ3v) is 28.7. The number of aliphatic hydroxyl groups is 7. The van der Waals surface area contributed by atoms with Crippen LogP contribution in [0.1, 0.15) is 199 Å². The first-order valence-corrected chi connectivity index (χ1v) is 47.5. The summed E-state index contributed by atoms with van der Waals surface area (Å²) in [5, 5.41) is 82.7. The molecule has 744 valence electrons. The van der Waals surface area contributed by atoms with Gasteiger partial charge in [-0.2, -0.15) is 0 Å². The SMILES string of the molecule is CC(C)(C)OC(=O)O[C@H](C(=O)ON1C(=O)CCC1=O)c1ccccc1.C[C@H](N)C(=O)OC1=CC[C@@]2(O)[C@H]3Cc4ccc(CO)c5c4[C@@]2(CCN3C)[C@H]1O5.C[C@H](NC(=O)[C@@H](O)c1ccccc1)C(=O)OC1=CC[C@@]2(O)[C@H]3Cc4ccc(CO)c5c4[C@@]2(CCN3C)[C@H]1O5.C[C@H](NC(=O)[C@@H](OC(=O)OC(C)(C)C)c1ccccc1)C(=O)OC1=CC[C@@]2(O)[C@H]3Cc4ccc(CO)c5c4[C@@]2(CCN3C)[C@H]1O5.ClCCl. The van der Waals surface area contributed by atoms with E-state index in [9.17, 15) is 83.7 Å². The zero-order valence-corrected chi connectivity index (χ0v) is 80.9. The van der Waals surface area contributed by atoms with Gasteiger partial charge in [0.15, 0.2) is 24.4 Å². The average Bonchev–Trinajstić information content (AvgIpc) is 1.54. The molecule has 4 amide bonds. The predicted molar refractivity (Wildman–Crippen MR) is 498 cm³/mol. The zero-order chi connectivity index (χ0) is 100. The van der Waals surface area contributed by atoms with E-state index >= 15 is 0 Å². The van der Waals surface area contributed by atoms with Gasteiger partial charge in [0.1, 0.15) is 63.9 Å². The highest BCUT2D eigenvalue weighted by atomic mass is 35.5. The predicted octanol–water partition coefficient (Wildman–Crippen LogP) is 8.49. The molecule has 139 heavy (non-hydrogen) atoms. The van der Waals surface area contributed by atoms with Crippen LogP contribution in [0.4, 0.5) is 9.59 Å². The van der Waals surface area contributed by atoms with Crippen LogP contribution in [0.2, 0.25) is 0 Å². The number of hydrogen-bond acceptors (Lipinski definition) is 32. The van der Waals surface area contributed by atoms with Crippen molar-refractivity contribution in [3.8, 4) is 17.2 Å². The first-order chi connectivity index (χ1) is 65.9. The van der Waals surface area contributed by atoms with Crippen molar-refractivity contribution in [3.05, 3.63) is 230 Å². The maximum atomic E-state index is 13.5. The zero-order valence-electron chi connectivity index (χ0n) is 79.3. The molecule has 0 saturated carbocycles. The summed E-state index contributed by atoms with van der Waals surface area (Å²) >= 11 is 9.53. The lowest BCUT2D eigenvalue weighted by Crippen LogP contribution is -2.74. The van der Waals surface area contributed by atoms with Crippen LogP contribution in [-0.4, -0.2) is 244 Å². The Kier molecular flexibility index (Phi) is 29.3. The van der Waals surface area contributed by atoms with Crippen LogP contribution in [0.25, 0.3) is 0 Å². The van der Waals surface area contributed by atoms with Gasteiger partial charge < -0.3 is 119 Å². The molecule has 3 spiro atoms. The van der Waals surface area contributed by atoms with E-state index < -0.39 is 159 Å². The Hall–Kier alpha value is -11.4. The van der Waals surface area contributed by atoms with Gasteiger partial charge in [0.05, 0.1) is 58.2 Å². The topological polar surface area (TPSA) is 477 Å². The number of nitrogens with one attached hydrogen (secondary N) is 2. The molecule has 0 aromatic heterocycles. The Labute approximate surface area is 813 Å². The number of carbonyl (C=O) groups excluding carboxylic acids is 10. The molecule has 6 bridgehead atoms. The fourth-order valence-electron chi connectivity index (χ4n) is 22.3. The summed E-state index contributed by atoms with van der Waals surface area (Å²) in [6, 6.07) is 33.3. The van der Waals surface area contributed by atoms with E-state index in [1.165, 1.54) is 13.8 Å². The molecule has 7 aliphatic heterocycles. The average molecular weight is 1960 g/mol. The number of rotatable bonds is 20. The molecule has 11 N–H and O–H groups in total. The number of carbonyl (C=O) groups is 10. The number of nitrogens with two attached hydrogens (primary N) is 1. The minimum absolute atomic E-state index is 0.0327.